The number of piperazine rings is 1. The standard InChI is InChI=1S/C30H36BrN3O/c1-21(35)29(34-27-8-6-5-7-25(27)26-19-24(31)13-14-28(26)34)33-17-15-32(16-18-33)20-22-9-11-23(12-10-22)30(2,3)4/h5-14,19,21,29,35H,15-18,20H2,1-4H3. The fraction of sp³-hybridized carbons (Fsp3) is 0.400. The number of halogens is 1. The van der Waals surface area contributed by atoms with Gasteiger partial charge >= 0.3 is 0 Å². The van der Waals surface area contributed by atoms with E-state index >= 15 is 0 Å². The Labute approximate surface area is 217 Å². The minimum Gasteiger partial charge on any atom is -0.390 e. The monoisotopic (exact) mass is 533 g/mol. The zero-order chi connectivity index (χ0) is 24.7. The third-order valence-electron chi connectivity index (χ3n) is 7.38. The zero-order valence-electron chi connectivity index (χ0n) is 21.2. The molecule has 1 aliphatic rings. The molecule has 1 saturated heterocycles. The Balaban J connectivity index is 1.37. The molecule has 0 amide bonds. The highest BCUT2D eigenvalue weighted by molar-refractivity contribution is 9.10. The number of rotatable bonds is 5. The van der Waals surface area contributed by atoms with Gasteiger partial charge in [-0.15, -0.1) is 0 Å². The van der Waals surface area contributed by atoms with Crippen LogP contribution < -0.4 is 0 Å². The van der Waals surface area contributed by atoms with Gasteiger partial charge in [0.2, 0.25) is 0 Å². The highest BCUT2D eigenvalue weighted by Crippen LogP contribution is 2.36. The first kappa shape index (κ1) is 24.5. The van der Waals surface area contributed by atoms with Gasteiger partial charge in [-0.2, -0.15) is 0 Å². The molecule has 5 rings (SSSR count). The van der Waals surface area contributed by atoms with Crippen molar-refractivity contribution in [2.45, 2.75) is 51.9 Å². The molecule has 2 heterocycles. The average Bonchev–Trinajstić information content (AvgIpc) is 3.13. The molecular weight excluding hydrogens is 498 g/mol. The molecule has 0 spiro atoms. The van der Waals surface area contributed by atoms with Gasteiger partial charge in [0.05, 0.1) is 17.1 Å². The van der Waals surface area contributed by atoms with Crippen LogP contribution in [0, 0.1) is 0 Å². The van der Waals surface area contributed by atoms with Crippen LogP contribution >= 0.6 is 15.9 Å². The van der Waals surface area contributed by atoms with Gasteiger partial charge in [0, 0.05) is 48.0 Å². The summed E-state index contributed by atoms with van der Waals surface area (Å²) >= 11 is 3.64. The fourth-order valence-electron chi connectivity index (χ4n) is 5.50. The van der Waals surface area contributed by atoms with Crippen molar-refractivity contribution in [3.63, 3.8) is 0 Å². The van der Waals surface area contributed by atoms with Crippen LogP contribution in [0.4, 0.5) is 0 Å². The van der Waals surface area contributed by atoms with E-state index in [0.717, 1.165) is 37.2 Å². The van der Waals surface area contributed by atoms with Crippen LogP contribution in [0.3, 0.4) is 0 Å². The number of aliphatic hydroxyl groups is 1. The van der Waals surface area contributed by atoms with Crippen LogP contribution in [0.5, 0.6) is 0 Å². The number of hydrogen-bond acceptors (Lipinski definition) is 3. The topological polar surface area (TPSA) is 31.6 Å². The number of nitrogens with zero attached hydrogens (tertiary/aromatic N) is 3. The molecule has 2 unspecified atom stereocenters. The van der Waals surface area contributed by atoms with Crippen LogP contribution in [0.25, 0.3) is 21.8 Å². The molecule has 0 bridgehead atoms. The number of fused-ring (bicyclic) bond motifs is 3. The Bertz CT molecular complexity index is 1310. The van der Waals surface area contributed by atoms with E-state index in [-0.39, 0.29) is 11.6 Å². The van der Waals surface area contributed by atoms with Crippen LogP contribution in [0.2, 0.25) is 0 Å². The lowest BCUT2D eigenvalue weighted by atomic mass is 9.87. The SMILES string of the molecule is CC(O)C(N1CCN(Cc2ccc(C(C)(C)C)cc2)CC1)n1c2ccccc2c2cc(Br)ccc21. The highest BCUT2D eigenvalue weighted by Gasteiger charge is 2.30. The molecule has 2 atom stereocenters. The van der Waals surface area contributed by atoms with Crippen molar-refractivity contribution >= 4 is 37.7 Å². The van der Waals surface area contributed by atoms with E-state index in [1.165, 1.54) is 32.9 Å². The molecule has 184 valence electrons. The Kier molecular flexibility index (Phi) is 6.79. The Morgan fingerprint density at radius 3 is 2.17 bits per heavy atom. The minimum absolute atomic E-state index is 0.105. The molecule has 1 fully saturated rings. The van der Waals surface area contributed by atoms with Crippen LogP contribution in [0.15, 0.2) is 71.2 Å². The Morgan fingerprint density at radius 1 is 0.857 bits per heavy atom. The predicted molar refractivity (Wildman–Crippen MR) is 150 cm³/mol. The smallest absolute Gasteiger partial charge is 0.113 e. The molecule has 4 aromatic rings. The summed E-state index contributed by atoms with van der Waals surface area (Å²) in [5, 5.41) is 13.5. The Morgan fingerprint density at radius 2 is 1.51 bits per heavy atom. The van der Waals surface area contributed by atoms with Crippen molar-refractivity contribution in [1.29, 1.82) is 0 Å². The largest absolute Gasteiger partial charge is 0.390 e. The lowest BCUT2D eigenvalue weighted by Gasteiger charge is -2.41. The van der Waals surface area contributed by atoms with Crippen molar-refractivity contribution in [3.8, 4) is 0 Å². The Hall–Kier alpha value is -2.18. The zero-order valence-corrected chi connectivity index (χ0v) is 22.8. The van der Waals surface area contributed by atoms with Gasteiger partial charge in [-0.25, -0.2) is 0 Å². The first-order valence-electron chi connectivity index (χ1n) is 12.6. The summed E-state index contributed by atoms with van der Waals surface area (Å²) in [7, 11) is 0. The molecule has 1 aliphatic heterocycles. The van der Waals surface area contributed by atoms with Crippen LogP contribution in [-0.4, -0.2) is 51.8 Å². The molecule has 1 N–H and O–H groups in total. The molecule has 35 heavy (non-hydrogen) atoms. The third kappa shape index (κ3) is 4.92. The van der Waals surface area contributed by atoms with Gasteiger partial charge in [0.1, 0.15) is 6.17 Å². The average molecular weight is 535 g/mol. The van der Waals surface area contributed by atoms with Crippen molar-refractivity contribution in [2.24, 2.45) is 0 Å². The minimum atomic E-state index is -0.492. The second-order valence-corrected chi connectivity index (χ2v) is 11.9. The van der Waals surface area contributed by atoms with E-state index in [2.05, 4.69) is 118 Å². The van der Waals surface area contributed by atoms with E-state index in [9.17, 15) is 5.11 Å². The van der Waals surface area contributed by atoms with Gasteiger partial charge in [-0.3, -0.25) is 9.80 Å². The number of aliphatic hydroxyl groups excluding tert-OH is 1. The number of para-hydroxylation sites is 1. The van der Waals surface area contributed by atoms with Gasteiger partial charge in [0.25, 0.3) is 0 Å². The van der Waals surface area contributed by atoms with Crippen LogP contribution in [-0.2, 0) is 12.0 Å². The van der Waals surface area contributed by atoms with Crippen molar-refractivity contribution in [1.82, 2.24) is 14.4 Å². The lowest BCUT2D eigenvalue weighted by Crippen LogP contribution is -2.50. The van der Waals surface area contributed by atoms with Gasteiger partial charge in [-0.1, -0.05) is 79.2 Å². The molecule has 0 aliphatic carbocycles. The second-order valence-electron chi connectivity index (χ2n) is 11.0. The summed E-state index contributed by atoms with van der Waals surface area (Å²) in [6.45, 7) is 13.5. The van der Waals surface area contributed by atoms with Gasteiger partial charge in [0.15, 0.2) is 0 Å². The van der Waals surface area contributed by atoms with Crippen molar-refractivity contribution in [2.75, 3.05) is 26.2 Å². The van der Waals surface area contributed by atoms with Crippen molar-refractivity contribution < 1.29 is 5.11 Å². The number of hydrogen-bond donors (Lipinski definition) is 1. The first-order chi connectivity index (χ1) is 16.7. The molecule has 1 aromatic heterocycles. The third-order valence-corrected chi connectivity index (χ3v) is 7.87. The van der Waals surface area contributed by atoms with E-state index in [1.807, 2.05) is 6.92 Å². The molecule has 3 aromatic carbocycles. The van der Waals surface area contributed by atoms with Crippen molar-refractivity contribution in [3.05, 3.63) is 82.3 Å². The summed E-state index contributed by atoms with van der Waals surface area (Å²) in [4.78, 5) is 4.99. The summed E-state index contributed by atoms with van der Waals surface area (Å²) in [6.07, 6.45) is -0.596. The maximum atomic E-state index is 11.0. The maximum Gasteiger partial charge on any atom is 0.113 e. The summed E-state index contributed by atoms with van der Waals surface area (Å²) < 4.78 is 3.42. The summed E-state index contributed by atoms with van der Waals surface area (Å²) in [5.41, 5.74) is 5.27. The van der Waals surface area contributed by atoms with E-state index in [0.29, 0.717) is 0 Å². The second kappa shape index (κ2) is 9.70. The predicted octanol–water partition coefficient (Wildman–Crippen LogP) is 6.55. The quantitative estimate of drug-likeness (QED) is 0.315. The van der Waals surface area contributed by atoms with Gasteiger partial charge < -0.3 is 9.67 Å². The molecular formula is C30H36BrN3O. The summed E-state index contributed by atoms with van der Waals surface area (Å²) in [5.74, 6) is 0. The highest BCUT2D eigenvalue weighted by atomic mass is 79.9. The molecule has 5 heteroatoms. The van der Waals surface area contributed by atoms with E-state index < -0.39 is 6.10 Å². The molecule has 4 nitrogen and oxygen atoms in total. The van der Waals surface area contributed by atoms with Crippen LogP contribution in [0.1, 0.15) is 45.0 Å². The van der Waals surface area contributed by atoms with E-state index in [4.69, 9.17) is 0 Å². The first-order valence-corrected chi connectivity index (χ1v) is 13.4. The summed E-state index contributed by atoms with van der Waals surface area (Å²) in [6, 6.07) is 24.1. The lowest BCUT2D eigenvalue weighted by molar-refractivity contribution is -0.00679. The fourth-order valence-corrected chi connectivity index (χ4v) is 5.86. The molecule has 0 radical (unpaired) electrons. The van der Waals surface area contributed by atoms with Gasteiger partial charge in [-0.05, 0) is 47.7 Å². The number of aromatic nitrogens is 1. The normalized spacial score (nSPS) is 17.8. The van der Waals surface area contributed by atoms with E-state index in [1.54, 1.807) is 0 Å². The molecule has 0 saturated carbocycles. The number of benzene rings is 3. The maximum absolute atomic E-state index is 11.0.